The lowest BCUT2D eigenvalue weighted by atomic mass is 9.63. The van der Waals surface area contributed by atoms with E-state index in [0.717, 1.165) is 6.42 Å². The molecule has 7 rings (SSSR count). The van der Waals surface area contributed by atoms with Crippen molar-refractivity contribution in [3.8, 4) is 5.75 Å². The van der Waals surface area contributed by atoms with E-state index in [4.69, 9.17) is 4.74 Å². The third kappa shape index (κ3) is 2.36. The number of ether oxygens (including phenoxy) is 1. The van der Waals surface area contributed by atoms with Crippen LogP contribution >= 0.6 is 0 Å². The van der Waals surface area contributed by atoms with Crippen molar-refractivity contribution in [3.63, 3.8) is 0 Å². The minimum Gasteiger partial charge on any atom is -0.423 e. The van der Waals surface area contributed by atoms with Crippen LogP contribution in [0, 0.1) is 35.5 Å². The zero-order valence-electron chi connectivity index (χ0n) is 15.6. The van der Waals surface area contributed by atoms with E-state index in [-0.39, 0.29) is 35.5 Å². The molecule has 2 saturated carbocycles. The molecule has 29 heavy (non-hydrogen) atoms. The van der Waals surface area contributed by atoms with Crippen molar-refractivity contribution in [1.82, 2.24) is 0 Å². The Balaban J connectivity index is 1.29. The molecule has 0 radical (unpaired) electrons. The van der Waals surface area contributed by atoms with Crippen molar-refractivity contribution in [2.75, 3.05) is 4.90 Å². The summed E-state index contributed by atoms with van der Waals surface area (Å²) in [6.07, 6.45) is 5.46. The average Bonchev–Trinajstić information content (AvgIpc) is 3.52. The number of rotatable bonds is 3. The van der Waals surface area contributed by atoms with Crippen LogP contribution < -0.4 is 9.64 Å². The summed E-state index contributed by atoms with van der Waals surface area (Å²) in [6, 6.07) is 15.4. The molecule has 2 bridgehead atoms. The molecule has 5 heteroatoms. The highest BCUT2D eigenvalue weighted by Gasteiger charge is 2.67. The number of carbonyl (C=O) groups excluding carboxylic acids is 3. The van der Waals surface area contributed by atoms with Gasteiger partial charge in [-0.25, -0.2) is 9.69 Å². The van der Waals surface area contributed by atoms with E-state index in [9.17, 15) is 14.4 Å². The second kappa shape index (κ2) is 5.89. The number of hydrogen-bond donors (Lipinski definition) is 0. The number of allylic oxidation sites excluding steroid dienone is 2. The monoisotopic (exact) mass is 385 g/mol. The van der Waals surface area contributed by atoms with Gasteiger partial charge >= 0.3 is 5.97 Å². The summed E-state index contributed by atoms with van der Waals surface area (Å²) in [5.74, 6) is 0.655. The third-order valence-electron chi connectivity index (χ3n) is 6.96. The predicted octanol–water partition coefficient (Wildman–Crippen LogP) is 3.46. The Hall–Kier alpha value is -3.21. The van der Waals surface area contributed by atoms with E-state index in [1.165, 1.54) is 4.90 Å². The quantitative estimate of drug-likeness (QED) is 0.351. The Labute approximate surface area is 168 Å². The van der Waals surface area contributed by atoms with Crippen LogP contribution in [-0.2, 0) is 9.59 Å². The van der Waals surface area contributed by atoms with Gasteiger partial charge in [-0.2, -0.15) is 0 Å². The number of anilines is 1. The highest BCUT2D eigenvalue weighted by molar-refractivity contribution is 6.22. The van der Waals surface area contributed by atoms with Gasteiger partial charge < -0.3 is 4.74 Å². The van der Waals surface area contributed by atoms with Gasteiger partial charge in [-0.1, -0.05) is 36.4 Å². The highest BCUT2D eigenvalue weighted by atomic mass is 16.5. The fraction of sp³-hybridized carbons (Fsp3) is 0.292. The van der Waals surface area contributed by atoms with Gasteiger partial charge in [-0.05, 0) is 54.4 Å². The summed E-state index contributed by atoms with van der Waals surface area (Å²) in [5.41, 5.74) is 0.917. The van der Waals surface area contributed by atoms with Crippen LogP contribution in [0.5, 0.6) is 5.75 Å². The maximum Gasteiger partial charge on any atom is 0.343 e. The van der Waals surface area contributed by atoms with Crippen molar-refractivity contribution in [1.29, 1.82) is 0 Å². The summed E-state index contributed by atoms with van der Waals surface area (Å²) in [7, 11) is 0. The Morgan fingerprint density at radius 3 is 2.17 bits per heavy atom. The summed E-state index contributed by atoms with van der Waals surface area (Å²) in [4.78, 5) is 40.1. The summed E-state index contributed by atoms with van der Waals surface area (Å²) in [5, 5.41) is 0. The topological polar surface area (TPSA) is 63.7 Å². The first-order valence-electron chi connectivity index (χ1n) is 10.1. The van der Waals surface area contributed by atoms with E-state index < -0.39 is 5.97 Å². The molecule has 1 saturated heterocycles. The first-order valence-corrected chi connectivity index (χ1v) is 10.1. The maximum atomic E-state index is 13.2. The van der Waals surface area contributed by atoms with Gasteiger partial charge in [-0.3, -0.25) is 9.59 Å². The van der Waals surface area contributed by atoms with Crippen molar-refractivity contribution in [3.05, 3.63) is 72.3 Å². The largest absolute Gasteiger partial charge is 0.423 e. The third-order valence-corrected chi connectivity index (χ3v) is 6.96. The molecule has 0 spiro atoms. The van der Waals surface area contributed by atoms with Crippen LogP contribution in [0.1, 0.15) is 16.8 Å². The Morgan fingerprint density at radius 2 is 1.52 bits per heavy atom. The Kier molecular flexibility index (Phi) is 3.40. The maximum absolute atomic E-state index is 13.2. The molecule has 6 unspecified atom stereocenters. The molecule has 1 aliphatic heterocycles. The van der Waals surface area contributed by atoms with Crippen molar-refractivity contribution >= 4 is 23.5 Å². The van der Waals surface area contributed by atoms with E-state index in [1.54, 1.807) is 48.5 Å². The number of imide groups is 1. The first kappa shape index (κ1) is 16.7. The second-order valence-corrected chi connectivity index (χ2v) is 8.42. The van der Waals surface area contributed by atoms with Gasteiger partial charge in [0.1, 0.15) is 5.75 Å². The smallest absolute Gasteiger partial charge is 0.343 e. The molecule has 2 aromatic rings. The van der Waals surface area contributed by atoms with Crippen LogP contribution in [-0.4, -0.2) is 17.8 Å². The van der Waals surface area contributed by atoms with E-state index in [2.05, 4.69) is 12.2 Å². The molecule has 0 N–H and O–H groups in total. The van der Waals surface area contributed by atoms with Crippen molar-refractivity contribution in [2.45, 2.75) is 6.42 Å². The molecule has 4 aliphatic carbocycles. The molecule has 144 valence electrons. The summed E-state index contributed by atoms with van der Waals surface area (Å²) >= 11 is 0. The fourth-order valence-corrected chi connectivity index (χ4v) is 5.64. The molecular weight excluding hydrogens is 366 g/mol. The summed E-state index contributed by atoms with van der Waals surface area (Å²) < 4.78 is 5.47. The lowest BCUT2D eigenvalue weighted by Crippen LogP contribution is -2.40. The van der Waals surface area contributed by atoms with Crippen LogP contribution in [0.15, 0.2) is 66.7 Å². The number of amides is 2. The fourth-order valence-electron chi connectivity index (χ4n) is 5.64. The number of hydrogen-bond acceptors (Lipinski definition) is 4. The van der Waals surface area contributed by atoms with Crippen molar-refractivity contribution in [2.24, 2.45) is 35.5 Å². The Morgan fingerprint density at radius 1 is 0.862 bits per heavy atom. The Bertz CT molecular complexity index is 1040. The zero-order chi connectivity index (χ0) is 19.7. The molecule has 5 aliphatic rings. The predicted molar refractivity (Wildman–Crippen MR) is 105 cm³/mol. The molecule has 1 heterocycles. The SMILES string of the molecule is O=C(Oc1cccc(N2C(=O)C3C4C=CC(C5CC45)C3C2=O)c1)c1ccccc1. The van der Waals surface area contributed by atoms with Crippen LogP contribution in [0.3, 0.4) is 0 Å². The normalized spacial score (nSPS) is 33.4. The van der Waals surface area contributed by atoms with Gasteiger partial charge in [0.05, 0.1) is 23.1 Å². The molecule has 2 amide bonds. The van der Waals surface area contributed by atoms with Gasteiger partial charge in [0.15, 0.2) is 0 Å². The van der Waals surface area contributed by atoms with Crippen molar-refractivity contribution < 1.29 is 19.1 Å². The number of esters is 1. The lowest BCUT2D eigenvalue weighted by molar-refractivity contribution is -0.124. The van der Waals surface area contributed by atoms with Crippen LogP contribution in [0.2, 0.25) is 0 Å². The second-order valence-electron chi connectivity index (χ2n) is 8.42. The molecule has 3 fully saturated rings. The molecule has 5 nitrogen and oxygen atoms in total. The van der Waals surface area contributed by atoms with E-state index in [1.807, 2.05) is 6.07 Å². The minimum absolute atomic E-state index is 0.115. The van der Waals surface area contributed by atoms with E-state index >= 15 is 0 Å². The van der Waals surface area contributed by atoms with Gasteiger partial charge in [0.25, 0.3) is 0 Å². The van der Waals surface area contributed by atoms with Crippen LogP contribution in [0.4, 0.5) is 5.69 Å². The molecule has 6 atom stereocenters. The van der Waals surface area contributed by atoms with Gasteiger partial charge in [-0.15, -0.1) is 0 Å². The van der Waals surface area contributed by atoms with E-state index in [0.29, 0.717) is 28.8 Å². The number of benzene rings is 2. The lowest BCUT2D eigenvalue weighted by Gasteiger charge is -2.37. The number of nitrogens with zero attached hydrogens (tertiary/aromatic N) is 1. The minimum atomic E-state index is -0.474. The molecule has 0 aromatic heterocycles. The molecule has 2 aromatic carbocycles. The zero-order valence-corrected chi connectivity index (χ0v) is 15.6. The number of carbonyl (C=O) groups is 3. The summed E-state index contributed by atoms with van der Waals surface area (Å²) in [6.45, 7) is 0. The van der Waals surface area contributed by atoms with Crippen LogP contribution in [0.25, 0.3) is 0 Å². The standard InChI is InChI=1S/C24H19NO4/c26-22-20-16-9-10-17(19-12-18(16)19)21(20)23(27)25(22)14-7-4-8-15(11-14)29-24(28)13-5-2-1-3-6-13/h1-11,16-21H,12H2. The van der Waals surface area contributed by atoms with Gasteiger partial charge in [0, 0.05) is 6.07 Å². The first-order chi connectivity index (χ1) is 14.1. The molecular formula is C24H19NO4. The van der Waals surface area contributed by atoms with Gasteiger partial charge in [0.2, 0.25) is 11.8 Å². The average molecular weight is 385 g/mol. The highest BCUT2D eigenvalue weighted by Crippen LogP contribution is 2.65.